The van der Waals surface area contributed by atoms with E-state index in [1.54, 1.807) is 0 Å². The molecule has 0 fully saturated rings. The molecule has 0 bridgehead atoms. The molecule has 0 aliphatic heterocycles. The van der Waals surface area contributed by atoms with E-state index in [0.717, 1.165) is 23.4 Å². The molecule has 90 valence electrons. The minimum Gasteiger partial charge on any atom is -0.368 e. The van der Waals surface area contributed by atoms with E-state index in [4.69, 9.17) is 0 Å². The topological polar surface area (TPSA) is 37.8 Å². The van der Waals surface area contributed by atoms with Gasteiger partial charge in [-0.3, -0.25) is 0 Å². The highest BCUT2D eigenvalue weighted by Gasteiger charge is 2.12. The van der Waals surface area contributed by atoms with Gasteiger partial charge in [0, 0.05) is 17.3 Å². The van der Waals surface area contributed by atoms with Gasteiger partial charge in [0.05, 0.1) is 5.69 Å². The van der Waals surface area contributed by atoms with Crippen molar-refractivity contribution in [2.45, 2.75) is 27.7 Å². The van der Waals surface area contributed by atoms with Gasteiger partial charge in [-0.1, -0.05) is 45.0 Å². The minimum atomic E-state index is 0.230. The van der Waals surface area contributed by atoms with Crippen LogP contribution in [-0.4, -0.2) is 16.7 Å². The number of aromatic nitrogens is 2. The number of rotatable bonds is 2. The molecule has 1 aromatic heterocycles. The van der Waals surface area contributed by atoms with Crippen molar-refractivity contribution in [3.05, 3.63) is 30.0 Å². The Bertz CT molecular complexity index is 526. The van der Waals surface area contributed by atoms with Crippen LogP contribution in [0, 0.1) is 12.3 Å². The van der Waals surface area contributed by atoms with Crippen molar-refractivity contribution in [1.82, 2.24) is 10.2 Å². The van der Waals surface area contributed by atoms with Crippen molar-refractivity contribution in [3.63, 3.8) is 0 Å². The predicted octanol–water partition coefficient (Wildman–Crippen LogP) is 3.40. The number of fused-ring (bicyclic) bond motifs is 1. The number of aryl methyl sites for hydroxylation is 1. The molecule has 1 heterocycles. The van der Waals surface area contributed by atoms with Gasteiger partial charge in [-0.25, -0.2) is 0 Å². The second-order valence-corrected chi connectivity index (χ2v) is 5.59. The molecule has 1 N–H and O–H groups in total. The number of nitrogens with one attached hydrogen (secondary N) is 1. The van der Waals surface area contributed by atoms with Crippen LogP contribution >= 0.6 is 0 Å². The van der Waals surface area contributed by atoms with Gasteiger partial charge in [0.2, 0.25) is 0 Å². The van der Waals surface area contributed by atoms with Gasteiger partial charge in [-0.15, -0.1) is 5.10 Å². The molecule has 0 atom stereocenters. The van der Waals surface area contributed by atoms with Crippen LogP contribution in [0.2, 0.25) is 0 Å². The molecular weight excluding hydrogens is 210 g/mol. The fourth-order valence-electron chi connectivity index (χ4n) is 1.72. The third kappa shape index (κ3) is 2.73. The zero-order chi connectivity index (χ0) is 12.5. The van der Waals surface area contributed by atoms with Crippen LogP contribution in [0.3, 0.4) is 0 Å². The maximum Gasteiger partial charge on any atom is 0.156 e. The van der Waals surface area contributed by atoms with Crippen LogP contribution < -0.4 is 5.32 Å². The third-order valence-electron chi connectivity index (χ3n) is 2.66. The minimum absolute atomic E-state index is 0.230. The number of anilines is 1. The summed E-state index contributed by atoms with van der Waals surface area (Å²) in [6, 6.07) is 8.24. The Hall–Kier alpha value is -1.64. The summed E-state index contributed by atoms with van der Waals surface area (Å²) in [7, 11) is 0. The summed E-state index contributed by atoms with van der Waals surface area (Å²) in [6.07, 6.45) is 0. The lowest BCUT2D eigenvalue weighted by Crippen LogP contribution is -2.20. The molecule has 17 heavy (non-hydrogen) atoms. The predicted molar refractivity (Wildman–Crippen MR) is 72.2 cm³/mol. The van der Waals surface area contributed by atoms with Crippen molar-refractivity contribution >= 4 is 16.6 Å². The molecule has 2 rings (SSSR count). The summed E-state index contributed by atoms with van der Waals surface area (Å²) in [5.41, 5.74) is 1.20. The van der Waals surface area contributed by atoms with E-state index in [1.807, 2.05) is 19.1 Å². The summed E-state index contributed by atoms with van der Waals surface area (Å²) in [5.74, 6) is 0.876. The lowest BCUT2D eigenvalue weighted by atomic mass is 9.97. The van der Waals surface area contributed by atoms with Crippen LogP contribution in [0.25, 0.3) is 10.8 Å². The fourth-order valence-corrected chi connectivity index (χ4v) is 1.72. The lowest BCUT2D eigenvalue weighted by molar-refractivity contribution is 0.442. The maximum absolute atomic E-state index is 4.25. The summed E-state index contributed by atoms with van der Waals surface area (Å²) >= 11 is 0. The highest BCUT2D eigenvalue weighted by atomic mass is 15.2. The van der Waals surface area contributed by atoms with E-state index >= 15 is 0 Å². The lowest BCUT2D eigenvalue weighted by Gasteiger charge is -2.19. The van der Waals surface area contributed by atoms with Crippen LogP contribution in [-0.2, 0) is 0 Å². The van der Waals surface area contributed by atoms with Crippen molar-refractivity contribution in [3.8, 4) is 0 Å². The normalized spacial score (nSPS) is 11.8. The van der Waals surface area contributed by atoms with E-state index in [1.165, 1.54) is 5.39 Å². The van der Waals surface area contributed by atoms with Gasteiger partial charge < -0.3 is 5.32 Å². The molecule has 0 unspecified atom stereocenters. The molecule has 0 amide bonds. The molecule has 1 aromatic carbocycles. The van der Waals surface area contributed by atoms with Gasteiger partial charge in [-0.05, 0) is 12.3 Å². The van der Waals surface area contributed by atoms with Crippen LogP contribution in [0.1, 0.15) is 26.5 Å². The Morgan fingerprint density at radius 3 is 2.35 bits per heavy atom. The first-order chi connectivity index (χ1) is 7.97. The van der Waals surface area contributed by atoms with Gasteiger partial charge >= 0.3 is 0 Å². The zero-order valence-corrected chi connectivity index (χ0v) is 10.9. The van der Waals surface area contributed by atoms with Gasteiger partial charge in [0.1, 0.15) is 0 Å². The summed E-state index contributed by atoms with van der Waals surface area (Å²) in [4.78, 5) is 0. The second kappa shape index (κ2) is 4.32. The van der Waals surface area contributed by atoms with Crippen LogP contribution in [0.4, 0.5) is 5.82 Å². The van der Waals surface area contributed by atoms with Gasteiger partial charge in [0.25, 0.3) is 0 Å². The van der Waals surface area contributed by atoms with Crippen molar-refractivity contribution in [2.24, 2.45) is 5.41 Å². The van der Waals surface area contributed by atoms with Crippen molar-refractivity contribution in [1.29, 1.82) is 0 Å². The molecule has 0 aliphatic rings. The largest absolute Gasteiger partial charge is 0.368 e. The second-order valence-electron chi connectivity index (χ2n) is 5.59. The summed E-state index contributed by atoms with van der Waals surface area (Å²) in [5, 5.41) is 14.1. The maximum atomic E-state index is 4.25. The van der Waals surface area contributed by atoms with Crippen LogP contribution in [0.5, 0.6) is 0 Å². The average molecular weight is 229 g/mol. The Balaban J connectivity index is 2.38. The first-order valence-corrected chi connectivity index (χ1v) is 5.93. The SMILES string of the molecule is Cc1nnc(NCC(C)(C)C)c2ccccc12. The first kappa shape index (κ1) is 11.8. The zero-order valence-electron chi connectivity index (χ0n) is 10.9. The Labute approximate surface area is 102 Å². The number of nitrogens with zero attached hydrogens (tertiary/aromatic N) is 2. The van der Waals surface area contributed by atoms with E-state index in [9.17, 15) is 0 Å². The summed E-state index contributed by atoms with van der Waals surface area (Å²) in [6.45, 7) is 9.47. The summed E-state index contributed by atoms with van der Waals surface area (Å²) < 4.78 is 0. The van der Waals surface area contributed by atoms with Gasteiger partial charge in [-0.2, -0.15) is 5.10 Å². The van der Waals surface area contributed by atoms with Crippen molar-refractivity contribution in [2.75, 3.05) is 11.9 Å². The monoisotopic (exact) mass is 229 g/mol. The molecule has 3 nitrogen and oxygen atoms in total. The van der Waals surface area contributed by atoms with Crippen molar-refractivity contribution < 1.29 is 0 Å². The van der Waals surface area contributed by atoms with E-state index in [-0.39, 0.29) is 5.41 Å². The molecule has 0 radical (unpaired) electrons. The molecule has 3 heteroatoms. The third-order valence-corrected chi connectivity index (χ3v) is 2.66. The Morgan fingerprint density at radius 2 is 1.71 bits per heavy atom. The highest BCUT2D eigenvalue weighted by molar-refractivity contribution is 5.92. The quantitative estimate of drug-likeness (QED) is 0.857. The van der Waals surface area contributed by atoms with E-state index in [0.29, 0.717) is 0 Å². The Morgan fingerprint density at radius 1 is 1.06 bits per heavy atom. The van der Waals surface area contributed by atoms with E-state index < -0.39 is 0 Å². The average Bonchev–Trinajstić information content (AvgIpc) is 2.27. The number of hydrogen-bond acceptors (Lipinski definition) is 3. The van der Waals surface area contributed by atoms with Crippen LogP contribution in [0.15, 0.2) is 24.3 Å². The highest BCUT2D eigenvalue weighted by Crippen LogP contribution is 2.23. The van der Waals surface area contributed by atoms with E-state index in [2.05, 4.69) is 48.4 Å². The molecule has 2 aromatic rings. The molecule has 0 spiro atoms. The standard InChI is InChI=1S/C14H19N3/c1-10-11-7-5-6-8-12(11)13(17-16-10)15-9-14(2,3)4/h5-8H,9H2,1-4H3,(H,15,17). The first-order valence-electron chi connectivity index (χ1n) is 5.93. The Kier molecular flexibility index (Phi) is 3.01. The van der Waals surface area contributed by atoms with Gasteiger partial charge in [0.15, 0.2) is 5.82 Å². The number of benzene rings is 1. The number of hydrogen-bond donors (Lipinski definition) is 1. The molecule has 0 aliphatic carbocycles. The molecular formula is C14H19N3. The fraction of sp³-hybridized carbons (Fsp3) is 0.429. The molecule has 0 saturated carbocycles. The smallest absolute Gasteiger partial charge is 0.156 e. The molecule has 0 saturated heterocycles.